The molecular weight excluding hydrogens is 314 g/mol. The van der Waals surface area contributed by atoms with Gasteiger partial charge in [0.1, 0.15) is 0 Å². The molecule has 0 atom stereocenters. The van der Waals surface area contributed by atoms with Crippen molar-refractivity contribution in [2.24, 2.45) is 5.92 Å². The minimum atomic E-state index is 0.0221. The van der Waals surface area contributed by atoms with Gasteiger partial charge in [-0.3, -0.25) is 4.79 Å². The molecular formula is C21H25NO3. The van der Waals surface area contributed by atoms with Crippen LogP contribution in [0.3, 0.4) is 0 Å². The zero-order valence-corrected chi connectivity index (χ0v) is 14.9. The van der Waals surface area contributed by atoms with E-state index in [1.54, 1.807) is 20.3 Å². The van der Waals surface area contributed by atoms with Gasteiger partial charge in [-0.15, -0.1) is 0 Å². The predicted octanol–water partition coefficient (Wildman–Crippen LogP) is 3.80. The lowest BCUT2D eigenvalue weighted by Crippen LogP contribution is -2.39. The van der Waals surface area contributed by atoms with Crippen LogP contribution < -0.4 is 9.47 Å². The van der Waals surface area contributed by atoms with E-state index in [0.29, 0.717) is 23.0 Å². The van der Waals surface area contributed by atoms with Crippen molar-refractivity contribution >= 4 is 5.91 Å². The van der Waals surface area contributed by atoms with E-state index in [-0.39, 0.29) is 5.91 Å². The molecule has 0 radical (unpaired) electrons. The molecule has 2 aromatic rings. The number of rotatable bonds is 5. The fraction of sp³-hybridized carbons (Fsp3) is 0.381. The SMILES string of the molecule is COc1cccc(C(=O)N2CCC(Cc3ccccc3)CC2)c1OC. The Morgan fingerprint density at radius 2 is 1.72 bits per heavy atom. The normalized spacial score (nSPS) is 15.0. The molecule has 25 heavy (non-hydrogen) atoms. The zero-order valence-electron chi connectivity index (χ0n) is 14.9. The van der Waals surface area contributed by atoms with E-state index in [9.17, 15) is 4.79 Å². The number of benzene rings is 2. The predicted molar refractivity (Wildman–Crippen MR) is 98.3 cm³/mol. The molecule has 1 aliphatic rings. The van der Waals surface area contributed by atoms with E-state index in [1.165, 1.54) is 5.56 Å². The van der Waals surface area contributed by atoms with Crippen LogP contribution in [0.5, 0.6) is 11.5 Å². The van der Waals surface area contributed by atoms with Gasteiger partial charge in [-0.2, -0.15) is 0 Å². The molecule has 0 unspecified atom stereocenters. The van der Waals surface area contributed by atoms with Crippen molar-refractivity contribution in [2.75, 3.05) is 27.3 Å². The van der Waals surface area contributed by atoms with Gasteiger partial charge >= 0.3 is 0 Å². The van der Waals surface area contributed by atoms with E-state index in [2.05, 4.69) is 24.3 Å². The summed E-state index contributed by atoms with van der Waals surface area (Å²) in [5.74, 6) is 1.77. The van der Waals surface area contributed by atoms with Crippen LogP contribution in [-0.4, -0.2) is 38.1 Å². The summed E-state index contributed by atoms with van der Waals surface area (Å²) >= 11 is 0. The number of likely N-dealkylation sites (tertiary alicyclic amines) is 1. The first-order chi connectivity index (χ1) is 12.2. The van der Waals surface area contributed by atoms with Crippen molar-refractivity contribution in [3.8, 4) is 11.5 Å². The second-order valence-electron chi connectivity index (χ2n) is 6.47. The highest BCUT2D eigenvalue weighted by atomic mass is 16.5. The maximum absolute atomic E-state index is 12.9. The highest BCUT2D eigenvalue weighted by Gasteiger charge is 2.26. The van der Waals surface area contributed by atoms with Gasteiger partial charge in [0, 0.05) is 13.1 Å². The average Bonchev–Trinajstić information content (AvgIpc) is 2.68. The molecule has 0 aliphatic carbocycles. The Morgan fingerprint density at radius 3 is 2.36 bits per heavy atom. The lowest BCUT2D eigenvalue weighted by Gasteiger charge is -2.32. The Morgan fingerprint density at radius 1 is 1.00 bits per heavy atom. The molecule has 1 saturated heterocycles. The van der Waals surface area contributed by atoms with Crippen LogP contribution in [0, 0.1) is 5.92 Å². The Bertz CT molecular complexity index is 706. The van der Waals surface area contributed by atoms with Crippen LogP contribution in [0.4, 0.5) is 0 Å². The number of piperidine rings is 1. The summed E-state index contributed by atoms with van der Waals surface area (Å²) in [7, 11) is 3.15. The topological polar surface area (TPSA) is 38.8 Å². The van der Waals surface area contributed by atoms with E-state index in [1.807, 2.05) is 23.1 Å². The van der Waals surface area contributed by atoms with E-state index < -0.39 is 0 Å². The van der Waals surface area contributed by atoms with Crippen molar-refractivity contribution < 1.29 is 14.3 Å². The Balaban J connectivity index is 1.64. The fourth-order valence-corrected chi connectivity index (χ4v) is 3.51. The molecule has 1 amide bonds. The zero-order chi connectivity index (χ0) is 17.6. The first-order valence-electron chi connectivity index (χ1n) is 8.77. The monoisotopic (exact) mass is 339 g/mol. The van der Waals surface area contributed by atoms with E-state index in [0.717, 1.165) is 32.4 Å². The van der Waals surface area contributed by atoms with Crippen LogP contribution in [0.15, 0.2) is 48.5 Å². The van der Waals surface area contributed by atoms with Gasteiger partial charge in [0.05, 0.1) is 19.8 Å². The van der Waals surface area contributed by atoms with E-state index >= 15 is 0 Å². The van der Waals surface area contributed by atoms with Crippen LogP contribution >= 0.6 is 0 Å². The lowest BCUT2D eigenvalue weighted by molar-refractivity contribution is 0.0686. The Labute approximate surface area is 149 Å². The number of methoxy groups -OCH3 is 2. The summed E-state index contributed by atoms with van der Waals surface area (Å²) in [5, 5.41) is 0. The molecule has 4 heteroatoms. The van der Waals surface area contributed by atoms with Crippen molar-refractivity contribution in [1.82, 2.24) is 4.90 Å². The summed E-state index contributed by atoms with van der Waals surface area (Å²) in [6, 6.07) is 16.0. The molecule has 1 fully saturated rings. The quantitative estimate of drug-likeness (QED) is 0.832. The molecule has 1 heterocycles. The Kier molecular flexibility index (Phi) is 5.59. The highest BCUT2D eigenvalue weighted by molar-refractivity contribution is 5.97. The minimum absolute atomic E-state index is 0.0221. The molecule has 132 valence electrons. The number of hydrogen-bond acceptors (Lipinski definition) is 3. The van der Waals surface area contributed by atoms with Crippen LogP contribution in [0.1, 0.15) is 28.8 Å². The van der Waals surface area contributed by atoms with Gasteiger partial charge < -0.3 is 14.4 Å². The molecule has 0 aromatic heterocycles. The van der Waals surface area contributed by atoms with Crippen LogP contribution in [-0.2, 0) is 6.42 Å². The molecule has 0 spiro atoms. The van der Waals surface area contributed by atoms with Crippen LogP contribution in [0.25, 0.3) is 0 Å². The maximum atomic E-state index is 12.9. The summed E-state index contributed by atoms with van der Waals surface area (Å²) in [6.45, 7) is 1.58. The van der Waals surface area contributed by atoms with Gasteiger partial charge in [-0.1, -0.05) is 36.4 Å². The lowest BCUT2D eigenvalue weighted by atomic mass is 9.90. The highest BCUT2D eigenvalue weighted by Crippen LogP contribution is 2.32. The molecule has 1 aliphatic heterocycles. The standard InChI is InChI=1S/C21H25NO3/c1-24-19-10-6-9-18(20(19)25-2)21(23)22-13-11-17(12-14-22)15-16-7-4-3-5-8-16/h3-10,17H,11-15H2,1-2H3. The van der Waals surface area contributed by atoms with Gasteiger partial charge in [0.25, 0.3) is 5.91 Å². The number of carbonyl (C=O) groups excluding carboxylic acids is 1. The third-order valence-electron chi connectivity index (χ3n) is 4.90. The van der Waals surface area contributed by atoms with E-state index in [4.69, 9.17) is 9.47 Å². The average molecular weight is 339 g/mol. The molecule has 4 nitrogen and oxygen atoms in total. The number of nitrogens with zero attached hydrogens (tertiary/aromatic N) is 1. The molecule has 0 bridgehead atoms. The molecule has 2 aromatic carbocycles. The number of ether oxygens (including phenoxy) is 2. The number of hydrogen-bond donors (Lipinski definition) is 0. The fourth-order valence-electron chi connectivity index (χ4n) is 3.51. The summed E-state index contributed by atoms with van der Waals surface area (Å²) in [5.41, 5.74) is 1.95. The van der Waals surface area contributed by atoms with Crippen molar-refractivity contribution in [2.45, 2.75) is 19.3 Å². The van der Waals surface area contributed by atoms with Crippen LogP contribution in [0.2, 0.25) is 0 Å². The first-order valence-corrected chi connectivity index (χ1v) is 8.77. The van der Waals surface area contributed by atoms with Gasteiger partial charge in [-0.05, 0) is 42.9 Å². The van der Waals surface area contributed by atoms with Gasteiger partial charge in [-0.25, -0.2) is 0 Å². The van der Waals surface area contributed by atoms with Crippen molar-refractivity contribution in [3.05, 3.63) is 59.7 Å². The Hall–Kier alpha value is -2.49. The molecule has 3 rings (SSSR count). The second kappa shape index (κ2) is 8.06. The number of carbonyl (C=O) groups is 1. The third-order valence-corrected chi connectivity index (χ3v) is 4.90. The molecule has 0 N–H and O–H groups in total. The van der Waals surface area contributed by atoms with Gasteiger partial charge in [0.15, 0.2) is 11.5 Å². The smallest absolute Gasteiger partial charge is 0.257 e. The summed E-state index contributed by atoms with van der Waals surface area (Å²) < 4.78 is 10.7. The largest absolute Gasteiger partial charge is 0.493 e. The maximum Gasteiger partial charge on any atom is 0.257 e. The number of para-hydroxylation sites is 1. The minimum Gasteiger partial charge on any atom is -0.493 e. The first kappa shape index (κ1) is 17.3. The summed E-state index contributed by atoms with van der Waals surface area (Å²) in [4.78, 5) is 14.8. The number of amides is 1. The van der Waals surface area contributed by atoms with Crippen molar-refractivity contribution in [1.29, 1.82) is 0 Å². The summed E-state index contributed by atoms with van der Waals surface area (Å²) in [6.07, 6.45) is 3.16. The third kappa shape index (κ3) is 3.95. The van der Waals surface area contributed by atoms with Gasteiger partial charge in [0.2, 0.25) is 0 Å². The second-order valence-corrected chi connectivity index (χ2v) is 6.47. The van der Waals surface area contributed by atoms with Crippen molar-refractivity contribution in [3.63, 3.8) is 0 Å². The molecule has 0 saturated carbocycles.